The number of carbonyl (C=O) groups excluding carboxylic acids is 1. The zero-order valence-electron chi connectivity index (χ0n) is 17.2. The van der Waals surface area contributed by atoms with Gasteiger partial charge in [0.15, 0.2) is 0 Å². The van der Waals surface area contributed by atoms with Crippen LogP contribution in [0.4, 0.5) is 0 Å². The van der Waals surface area contributed by atoms with E-state index in [1.165, 1.54) is 0 Å². The van der Waals surface area contributed by atoms with Gasteiger partial charge in [0.05, 0.1) is 19.0 Å². The maximum absolute atomic E-state index is 12.9. The van der Waals surface area contributed by atoms with Crippen molar-refractivity contribution in [2.45, 2.75) is 19.9 Å². The number of hydrogen-bond donors (Lipinski definition) is 1. The van der Waals surface area contributed by atoms with Gasteiger partial charge in [-0.2, -0.15) is 0 Å². The molecule has 0 saturated heterocycles. The SMILES string of the molecule is COc1ccccc1CNC(=O)Cc1c(C)nc2ccccc2c1-c1ccccc1. The predicted molar refractivity (Wildman–Crippen MR) is 120 cm³/mol. The number of rotatable bonds is 6. The lowest BCUT2D eigenvalue weighted by atomic mass is 9.92. The van der Waals surface area contributed by atoms with Gasteiger partial charge in [0.2, 0.25) is 5.91 Å². The summed E-state index contributed by atoms with van der Waals surface area (Å²) in [6.07, 6.45) is 0.267. The normalized spacial score (nSPS) is 10.7. The van der Waals surface area contributed by atoms with Crippen molar-refractivity contribution in [2.75, 3.05) is 7.11 Å². The number of aryl methyl sites for hydroxylation is 1. The van der Waals surface area contributed by atoms with Gasteiger partial charge >= 0.3 is 0 Å². The highest BCUT2D eigenvalue weighted by molar-refractivity contribution is 5.98. The van der Waals surface area contributed by atoms with E-state index < -0.39 is 0 Å². The third kappa shape index (κ3) is 4.03. The van der Waals surface area contributed by atoms with E-state index in [2.05, 4.69) is 23.5 Å². The minimum atomic E-state index is -0.0433. The molecular weight excluding hydrogens is 372 g/mol. The van der Waals surface area contributed by atoms with E-state index in [9.17, 15) is 4.79 Å². The Kier molecular flexibility index (Phi) is 5.75. The smallest absolute Gasteiger partial charge is 0.224 e. The van der Waals surface area contributed by atoms with Crippen LogP contribution in [0.25, 0.3) is 22.0 Å². The number of pyridine rings is 1. The zero-order chi connectivity index (χ0) is 20.9. The van der Waals surface area contributed by atoms with E-state index in [0.717, 1.165) is 44.6 Å². The molecule has 1 aromatic heterocycles. The predicted octanol–water partition coefficient (Wildman–Crippen LogP) is 5.08. The molecule has 30 heavy (non-hydrogen) atoms. The van der Waals surface area contributed by atoms with Crippen LogP contribution in [0.2, 0.25) is 0 Å². The summed E-state index contributed by atoms with van der Waals surface area (Å²) in [7, 11) is 1.64. The molecule has 0 radical (unpaired) electrons. The molecule has 1 N–H and O–H groups in total. The van der Waals surface area contributed by atoms with Crippen LogP contribution < -0.4 is 10.1 Å². The van der Waals surface area contributed by atoms with Gasteiger partial charge in [-0.1, -0.05) is 66.7 Å². The fraction of sp³-hybridized carbons (Fsp3) is 0.154. The molecule has 0 bridgehead atoms. The van der Waals surface area contributed by atoms with E-state index in [1.54, 1.807) is 7.11 Å². The van der Waals surface area contributed by atoms with Crippen LogP contribution in [-0.4, -0.2) is 18.0 Å². The van der Waals surface area contributed by atoms with Crippen molar-refractivity contribution in [1.82, 2.24) is 10.3 Å². The maximum atomic E-state index is 12.9. The summed E-state index contributed by atoms with van der Waals surface area (Å²) in [6, 6.07) is 26.0. The standard InChI is InChI=1S/C26H24N2O2/c1-18-22(16-25(29)27-17-20-12-6-9-15-24(20)30-2)26(19-10-4-3-5-11-19)21-13-7-8-14-23(21)28-18/h3-15H,16-17H2,1-2H3,(H,27,29). The molecule has 0 spiro atoms. The third-order valence-electron chi connectivity index (χ3n) is 5.27. The molecule has 4 aromatic rings. The first-order valence-electron chi connectivity index (χ1n) is 9.99. The molecule has 0 aliphatic carbocycles. The number of carbonyl (C=O) groups is 1. The quantitative estimate of drug-likeness (QED) is 0.495. The van der Waals surface area contributed by atoms with Crippen LogP contribution >= 0.6 is 0 Å². The van der Waals surface area contributed by atoms with Crippen molar-refractivity contribution in [3.63, 3.8) is 0 Å². The number of ether oxygens (including phenoxy) is 1. The van der Waals surface area contributed by atoms with Crippen molar-refractivity contribution >= 4 is 16.8 Å². The van der Waals surface area contributed by atoms with Gasteiger partial charge in [-0.15, -0.1) is 0 Å². The van der Waals surface area contributed by atoms with E-state index in [0.29, 0.717) is 6.54 Å². The number of aromatic nitrogens is 1. The Morgan fingerprint density at radius 3 is 2.43 bits per heavy atom. The summed E-state index contributed by atoms with van der Waals surface area (Å²) in [5.74, 6) is 0.726. The van der Waals surface area contributed by atoms with E-state index in [4.69, 9.17) is 9.72 Å². The van der Waals surface area contributed by atoms with Gasteiger partial charge in [0, 0.05) is 23.2 Å². The van der Waals surface area contributed by atoms with Crippen molar-refractivity contribution in [1.29, 1.82) is 0 Å². The molecule has 0 atom stereocenters. The first-order chi connectivity index (χ1) is 14.7. The fourth-order valence-electron chi connectivity index (χ4n) is 3.79. The van der Waals surface area contributed by atoms with Crippen molar-refractivity contribution < 1.29 is 9.53 Å². The molecule has 4 nitrogen and oxygen atoms in total. The van der Waals surface area contributed by atoms with Gasteiger partial charge < -0.3 is 10.1 Å². The topological polar surface area (TPSA) is 51.2 Å². The second-order valence-corrected chi connectivity index (χ2v) is 7.20. The molecule has 0 aliphatic rings. The van der Waals surface area contributed by atoms with Crippen LogP contribution in [0.3, 0.4) is 0 Å². The summed E-state index contributed by atoms with van der Waals surface area (Å²) in [5.41, 5.74) is 5.88. The van der Waals surface area contributed by atoms with Crippen LogP contribution in [0.5, 0.6) is 5.75 Å². The lowest BCUT2D eigenvalue weighted by molar-refractivity contribution is -0.120. The summed E-state index contributed by atoms with van der Waals surface area (Å²) in [6.45, 7) is 2.39. The highest BCUT2D eigenvalue weighted by Crippen LogP contribution is 2.33. The number of fused-ring (bicyclic) bond motifs is 1. The molecule has 150 valence electrons. The third-order valence-corrected chi connectivity index (χ3v) is 5.27. The maximum Gasteiger partial charge on any atom is 0.224 e. The molecule has 4 heteroatoms. The molecule has 0 unspecified atom stereocenters. The van der Waals surface area contributed by atoms with Crippen LogP contribution in [0, 0.1) is 6.92 Å². The Labute approximate surface area is 176 Å². The number of benzene rings is 3. The summed E-state index contributed by atoms with van der Waals surface area (Å²) < 4.78 is 5.38. The number of methoxy groups -OCH3 is 1. The minimum absolute atomic E-state index is 0.0433. The lowest BCUT2D eigenvalue weighted by Gasteiger charge is -2.16. The molecule has 0 fully saturated rings. The number of nitrogens with zero attached hydrogens (tertiary/aromatic N) is 1. The van der Waals surface area contributed by atoms with Crippen molar-refractivity contribution in [3.8, 4) is 16.9 Å². The van der Waals surface area contributed by atoms with Crippen molar-refractivity contribution in [2.24, 2.45) is 0 Å². The number of nitrogens with one attached hydrogen (secondary N) is 1. The van der Waals surface area contributed by atoms with Crippen LogP contribution in [0.15, 0.2) is 78.9 Å². The molecule has 0 saturated carbocycles. The van der Waals surface area contributed by atoms with E-state index >= 15 is 0 Å². The highest BCUT2D eigenvalue weighted by Gasteiger charge is 2.17. The molecule has 3 aromatic carbocycles. The molecule has 0 aliphatic heterocycles. The lowest BCUT2D eigenvalue weighted by Crippen LogP contribution is -2.25. The second kappa shape index (κ2) is 8.78. The molecule has 4 rings (SSSR count). The minimum Gasteiger partial charge on any atom is -0.496 e. The molecular formula is C26H24N2O2. The van der Waals surface area contributed by atoms with E-state index in [1.807, 2.05) is 67.6 Å². The average molecular weight is 396 g/mol. The van der Waals surface area contributed by atoms with Gasteiger partial charge in [-0.05, 0) is 35.7 Å². The van der Waals surface area contributed by atoms with Crippen molar-refractivity contribution in [3.05, 3.63) is 95.7 Å². The zero-order valence-corrected chi connectivity index (χ0v) is 17.2. The molecule has 1 heterocycles. The fourth-order valence-corrected chi connectivity index (χ4v) is 3.79. The Bertz CT molecular complexity index is 1190. The highest BCUT2D eigenvalue weighted by atomic mass is 16.5. The molecule has 1 amide bonds. The monoisotopic (exact) mass is 396 g/mol. The van der Waals surface area contributed by atoms with Gasteiger partial charge in [-0.3, -0.25) is 9.78 Å². The second-order valence-electron chi connectivity index (χ2n) is 7.20. The van der Waals surface area contributed by atoms with Crippen LogP contribution in [0.1, 0.15) is 16.8 Å². The summed E-state index contributed by atoms with van der Waals surface area (Å²) in [5, 5.41) is 4.09. The Hall–Kier alpha value is -3.66. The number of para-hydroxylation sites is 2. The number of hydrogen-bond acceptors (Lipinski definition) is 3. The largest absolute Gasteiger partial charge is 0.496 e. The Morgan fingerprint density at radius 2 is 1.63 bits per heavy atom. The van der Waals surface area contributed by atoms with Gasteiger partial charge in [-0.25, -0.2) is 0 Å². The number of amides is 1. The summed E-state index contributed by atoms with van der Waals surface area (Å²) >= 11 is 0. The van der Waals surface area contributed by atoms with Gasteiger partial charge in [0.25, 0.3) is 0 Å². The Morgan fingerprint density at radius 1 is 0.933 bits per heavy atom. The van der Waals surface area contributed by atoms with Crippen LogP contribution in [-0.2, 0) is 17.8 Å². The van der Waals surface area contributed by atoms with Gasteiger partial charge in [0.1, 0.15) is 5.75 Å². The van der Waals surface area contributed by atoms with E-state index in [-0.39, 0.29) is 12.3 Å². The first-order valence-corrected chi connectivity index (χ1v) is 9.99. The summed E-state index contributed by atoms with van der Waals surface area (Å²) in [4.78, 5) is 17.6. The Balaban J connectivity index is 1.67. The first kappa shape index (κ1) is 19.6. The average Bonchev–Trinajstić information content (AvgIpc) is 2.79.